The minimum atomic E-state index is 0.360. The normalized spacial score (nSPS) is 14.3. The molecule has 0 saturated heterocycles. The number of rotatable bonds is 19. The highest BCUT2D eigenvalue weighted by Crippen LogP contribution is 2.19. The Balaban J connectivity index is 3.88. The van der Waals surface area contributed by atoms with E-state index in [4.69, 9.17) is 9.47 Å². The Morgan fingerprint density at radius 2 is 0.808 bits per heavy atom. The fourth-order valence-electron chi connectivity index (χ4n) is 3.66. The minimum absolute atomic E-state index is 0.360. The summed E-state index contributed by atoms with van der Waals surface area (Å²) in [5, 5.41) is 0. The van der Waals surface area contributed by atoms with E-state index in [1.54, 1.807) is 0 Å². The molecule has 158 valence electrons. The van der Waals surface area contributed by atoms with Crippen molar-refractivity contribution >= 4 is 0 Å². The summed E-state index contributed by atoms with van der Waals surface area (Å²) >= 11 is 0. The Labute approximate surface area is 165 Å². The average molecular weight is 371 g/mol. The predicted molar refractivity (Wildman–Crippen MR) is 116 cm³/mol. The Kier molecular flexibility index (Phi) is 18.2. The lowest BCUT2D eigenvalue weighted by atomic mass is 10.0. The zero-order valence-corrected chi connectivity index (χ0v) is 19.0. The van der Waals surface area contributed by atoms with Crippen LogP contribution in [-0.4, -0.2) is 24.4 Å². The van der Waals surface area contributed by atoms with Crippen LogP contribution < -0.4 is 0 Å². The summed E-state index contributed by atoms with van der Waals surface area (Å²) < 4.78 is 12.2. The van der Waals surface area contributed by atoms with E-state index >= 15 is 0 Å². The van der Waals surface area contributed by atoms with Gasteiger partial charge in [-0.05, 0) is 53.4 Å². The van der Waals surface area contributed by atoms with Crippen LogP contribution in [-0.2, 0) is 9.47 Å². The van der Waals surface area contributed by atoms with E-state index < -0.39 is 0 Å². The van der Waals surface area contributed by atoms with Gasteiger partial charge in [-0.1, -0.05) is 78.1 Å². The van der Waals surface area contributed by atoms with Crippen molar-refractivity contribution in [2.75, 3.05) is 0 Å². The fourth-order valence-corrected chi connectivity index (χ4v) is 3.66. The third-order valence-electron chi connectivity index (χ3n) is 4.99. The van der Waals surface area contributed by atoms with Crippen LogP contribution in [0.1, 0.15) is 131 Å². The summed E-state index contributed by atoms with van der Waals surface area (Å²) in [7, 11) is 0. The molecule has 0 saturated carbocycles. The van der Waals surface area contributed by atoms with Gasteiger partial charge < -0.3 is 9.47 Å². The largest absolute Gasteiger partial charge is 0.376 e. The zero-order chi connectivity index (χ0) is 19.6. The zero-order valence-electron chi connectivity index (χ0n) is 19.0. The molecule has 2 unspecified atom stereocenters. The van der Waals surface area contributed by atoms with Gasteiger partial charge in [0.2, 0.25) is 0 Å². The number of hydrogen-bond acceptors (Lipinski definition) is 2. The standard InChI is InChI=1S/C24H50O2/c1-7-9-11-14-18-24(26-22(5)6)20-16-13-12-15-19-23(17-10-8-2)25-21(3)4/h21-24H,7-20H2,1-6H3. The second-order valence-electron chi connectivity index (χ2n) is 8.60. The van der Waals surface area contributed by atoms with Crippen molar-refractivity contribution in [1.82, 2.24) is 0 Å². The van der Waals surface area contributed by atoms with Crippen LogP contribution >= 0.6 is 0 Å². The topological polar surface area (TPSA) is 18.5 Å². The van der Waals surface area contributed by atoms with Gasteiger partial charge in [-0.25, -0.2) is 0 Å². The van der Waals surface area contributed by atoms with Crippen LogP contribution in [0.5, 0.6) is 0 Å². The third-order valence-corrected chi connectivity index (χ3v) is 4.99. The highest BCUT2D eigenvalue weighted by molar-refractivity contribution is 4.63. The summed E-state index contributed by atoms with van der Waals surface area (Å²) in [5.74, 6) is 0. The number of unbranched alkanes of at least 4 members (excludes halogenated alkanes) is 7. The van der Waals surface area contributed by atoms with Gasteiger partial charge in [0.1, 0.15) is 0 Å². The first-order chi connectivity index (χ1) is 12.5. The quantitative estimate of drug-likeness (QED) is 0.214. The molecule has 0 aromatic rings. The molecule has 0 radical (unpaired) electrons. The second-order valence-corrected chi connectivity index (χ2v) is 8.60. The highest BCUT2D eigenvalue weighted by atomic mass is 16.5. The van der Waals surface area contributed by atoms with Crippen LogP contribution in [0.4, 0.5) is 0 Å². The maximum absolute atomic E-state index is 6.14. The molecule has 0 aromatic heterocycles. The maximum atomic E-state index is 6.14. The van der Waals surface area contributed by atoms with Crippen molar-refractivity contribution in [2.24, 2.45) is 0 Å². The van der Waals surface area contributed by atoms with Gasteiger partial charge in [0.05, 0.1) is 24.4 Å². The Hall–Kier alpha value is -0.0800. The first kappa shape index (κ1) is 25.9. The van der Waals surface area contributed by atoms with Crippen LogP contribution in [0.2, 0.25) is 0 Å². The lowest BCUT2D eigenvalue weighted by Gasteiger charge is -2.21. The summed E-state index contributed by atoms with van der Waals surface area (Å²) in [5.41, 5.74) is 0. The van der Waals surface area contributed by atoms with Gasteiger partial charge in [0, 0.05) is 0 Å². The summed E-state index contributed by atoms with van der Waals surface area (Å²) in [4.78, 5) is 0. The molecule has 2 nitrogen and oxygen atoms in total. The SMILES string of the molecule is CCCCCCC(CCCCCCC(CCCC)OC(C)C)OC(C)C. The van der Waals surface area contributed by atoms with Crippen molar-refractivity contribution in [3.05, 3.63) is 0 Å². The monoisotopic (exact) mass is 370 g/mol. The van der Waals surface area contributed by atoms with E-state index in [1.807, 2.05) is 0 Å². The van der Waals surface area contributed by atoms with Crippen LogP contribution in [0.25, 0.3) is 0 Å². The van der Waals surface area contributed by atoms with E-state index in [9.17, 15) is 0 Å². The molecule has 0 aromatic carbocycles. The van der Waals surface area contributed by atoms with Crippen molar-refractivity contribution < 1.29 is 9.47 Å². The average Bonchev–Trinajstić information content (AvgIpc) is 2.58. The first-order valence-corrected chi connectivity index (χ1v) is 11.8. The molecule has 0 aliphatic carbocycles. The lowest BCUT2D eigenvalue weighted by Crippen LogP contribution is -2.18. The molecule has 2 atom stereocenters. The molecule has 0 amide bonds. The van der Waals surface area contributed by atoms with E-state index in [0.29, 0.717) is 24.4 Å². The molecule has 26 heavy (non-hydrogen) atoms. The molecule has 0 N–H and O–H groups in total. The Morgan fingerprint density at radius 3 is 1.15 bits per heavy atom. The smallest absolute Gasteiger partial charge is 0.0578 e. The third kappa shape index (κ3) is 17.3. The van der Waals surface area contributed by atoms with Crippen molar-refractivity contribution in [1.29, 1.82) is 0 Å². The number of ether oxygens (including phenoxy) is 2. The first-order valence-electron chi connectivity index (χ1n) is 11.8. The molecule has 2 heteroatoms. The van der Waals surface area contributed by atoms with Gasteiger partial charge in [-0.15, -0.1) is 0 Å². The molecule has 0 heterocycles. The van der Waals surface area contributed by atoms with Gasteiger partial charge in [-0.3, -0.25) is 0 Å². The van der Waals surface area contributed by atoms with Gasteiger partial charge >= 0.3 is 0 Å². The Bertz CT molecular complexity index is 275. The lowest BCUT2D eigenvalue weighted by molar-refractivity contribution is -0.00606. The van der Waals surface area contributed by atoms with Gasteiger partial charge in [0.15, 0.2) is 0 Å². The van der Waals surface area contributed by atoms with Gasteiger partial charge in [0.25, 0.3) is 0 Å². The van der Waals surface area contributed by atoms with Crippen LogP contribution in [0.15, 0.2) is 0 Å². The molecular formula is C24H50O2. The van der Waals surface area contributed by atoms with E-state index in [-0.39, 0.29) is 0 Å². The molecular weight excluding hydrogens is 320 g/mol. The molecule has 0 rings (SSSR count). The van der Waals surface area contributed by atoms with E-state index in [1.165, 1.54) is 89.9 Å². The Morgan fingerprint density at radius 1 is 0.462 bits per heavy atom. The molecule has 0 fully saturated rings. The summed E-state index contributed by atoms with van der Waals surface area (Å²) in [6.07, 6.45) is 19.9. The van der Waals surface area contributed by atoms with Crippen molar-refractivity contribution in [2.45, 2.75) is 156 Å². The maximum Gasteiger partial charge on any atom is 0.0578 e. The van der Waals surface area contributed by atoms with Crippen LogP contribution in [0, 0.1) is 0 Å². The highest BCUT2D eigenvalue weighted by Gasteiger charge is 2.12. The van der Waals surface area contributed by atoms with E-state index in [2.05, 4.69) is 41.5 Å². The summed E-state index contributed by atoms with van der Waals surface area (Å²) in [6, 6.07) is 0. The van der Waals surface area contributed by atoms with Crippen molar-refractivity contribution in [3.63, 3.8) is 0 Å². The second kappa shape index (κ2) is 18.3. The predicted octanol–water partition coefficient (Wildman–Crippen LogP) is 8.07. The van der Waals surface area contributed by atoms with Crippen molar-refractivity contribution in [3.8, 4) is 0 Å². The minimum Gasteiger partial charge on any atom is -0.376 e. The molecule has 0 bridgehead atoms. The molecule has 0 spiro atoms. The number of hydrogen-bond donors (Lipinski definition) is 0. The molecule has 0 aliphatic rings. The van der Waals surface area contributed by atoms with Crippen LogP contribution in [0.3, 0.4) is 0 Å². The van der Waals surface area contributed by atoms with E-state index in [0.717, 1.165) is 0 Å². The summed E-state index contributed by atoms with van der Waals surface area (Å²) in [6.45, 7) is 13.2. The fraction of sp³-hybridized carbons (Fsp3) is 1.00. The van der Waals surface area contributed by atoms with Gasteiger partial charge in [-0.2, -0.15) is 0 Å². The molecule has 0 aliphatic heterocycles.